The maximum absolute atomic E-state index is 12.3. The number of hydrogen-bond acceptors (Lipinski definition) is 5. The van der Waals surface area contributed by atoms with Crippen molar-refractivity contribution in [1.29, 1.82) is 0 Å². The third-order valence-corrected chi connectivity index (χ3v) is 5.51. The van der Waals surface area contributed by atoms with E-state index in [2.05, 4.69) is 4.72 Å². The Balaban J connectivity index is 2.12. The zero-order chi connectivity index (χ0) is 16.2. The van der Waals surface area contributed by atoms with Gasteiger partial charge in [0.2, 0.25) is 10.0 Å². The van der Waals surface area contributed by atoms with Gasteiger partial charge in [-0.05, 0) is 40.6 Å². The van der Waals surface area contributed by atoms with Gasteiger partial charge in [-0.2, -0.15) is 11.3 Å². The van der Waals surface area contributed by atoms with Crippen molar-refractivity contribution in [3.8, 4) is 5.75 Å². The molecule has 0 unspecified atom stereocenters. The van der Waals surface area contributed by atoms with Crippen LogP contribution in [0.4, 0.5) is 0 Å². The van der Waals surface area contributed by atoms with Gasteiger partial charge in [-0.25, -0.2) is 13.1 Å². The first-order chi connectivity index (χ1) is 10.5. The fraction of sp³-hybridized carbons (Fsp3) is 0.286. The zero-order valence-electron chi connectivity index (χ0n) is 12.1. The van der Waals surface area contributed by atoms with Gasteiger partial charge in [0.25, 0.3) is 0 Å². The molecule has 1 atom stereocenters. The third kappa shape index (κ3) is 3.99. The minimum atomic E-state index is -3.67. The van der Waals surface area contributed by atoms with Crippen LogP contribution >= 0.6 is 22.9 Å². The Hall–Kier alpha value is -1.12. The molecule has 0 aliphatic heterocycles. The van der Waals surface area contributed by atoms with E-state index >= 15 is 0 Å². The normalized spacial score (nSPS) is 13.0. The van der Waals surface area contributed by atoms with Crippen LogP contribution in [0, 0.1) is 0 Å². The Labute approximate surface area is 138 Å². The Kier molecular flexibility index (Phi) is 5.82. The largest absolute Gasteiger partial charge is 0.495 e. The van der Waals surface area contributed by atoms with Crippen LogP contribution in [0.3, 0.4) is 0 Å². The summed E-state index contributed by atoms with van der Waals surface area (Å²) in [5.41, 5.74) is 0.933. The lowest BCUT2D eigenvalue weighted by atomic mass is 10.2. The number of methoxy groups -OCH3 is 2. The van der Waals surface area contributed by atoms with Crippen molar-refractivity contribution < 1.29 is 17.9 Å². The van der Waals surface area contributed by atoms with Crippen LogP contribution in [-0.4, -0.2) is 29.2 Å². The molecule has 2 rings (SSSR count). The summed E-state index contributed by atoms with van der Waals surface area (Å²) >= 11 is 7.50. The van der Waals surface area contributed by atoms with Gasteiger partial charge in [0.15, 0.2) is 0 Å². The average molecular weight is 362 g/mol. The zero-order valence-corrected chi connectivity index (χ0v) is 14.5. The van der Waals surface area contributed by atoms with E-state index in [0.717, 1.165) is 5.56 Å². The molecule has 0 saturated carbocycles. The molecule has 1 aromatic carbocycles. The SMILES string of the molecule is COc1ccc(S(=O)(=O)NC[C@@H](OC)c2ccsc2)cc1Cl. The summed E-state index contributed by atoms with van der Waals surface area (Å²) in [5, 5.41) is 4.08. The van der Waals surface area contributed by atoms with Gasteiger partial charge in [0.1, 0.15) is 5.75 Å². The Bertz CT molecular complexity index is 716. The highest BCUT2D eigenvalue weighted by Crippen LogP contribution is 2.27. The van der Waals surface area contributed by atoms with Crippen molar-refractivity contribution in [2.24, 2.45) is 0 Å². The van der Waals surface area contributed by atoms with Crippen LogP contribution < -0.4 is 9.46 Å². The molecule has 22 heavy (non-hydrogen) atoms. The average Bonchev–Trinajstić information content (AvgIpc) is 3.02. The molecule has 1 N–H and O–H groups in total. The first-order valence-electron chi connectivity index (χ1n) is 6.36. The first-order valence-corrected chi connectivity index (χ1v) is 9.16. The topological polar surface area (TPSA) is 64.6 Å². The van der Waals surface area contributed by atoms with Crippen molar-refractivity contribution in [3.05, 3.63) is 45.6 Å². The van der Waals surface area contributed by atoms with Crippen molar-refractivity contribution >= 4 is 33.0 Å². The first kappa shape index (κ1) is 17.2. The van der Waals surface area contributed by atoms with E-state index in [-0.39, 0.29) is 22.6 Å². The van der Waals surface area contributed by atoms with Gasteiger partial charge >= 0.3 is 0 Å². The molecule has 0 amide bonds. The van der Waals surface area contributed by atoms with Crippen molar-refractivity contribution in [2.75, 3.05) is 20.8 Å². The van der Waals surface area contributed by atoms with Crippen LogP contribution in [0.25, 0.3) is 0 Å². The molecule has 1 aromatic heterocycles. The molecule has 0 radical (unpaired) electrons. The second-order valence-corrected chi connectivity index (χ2v) is 7.38. The predicted octanol–water partition coefficient (Wildman–Crippen LogP) is 3.08. The third-order valence-electron chi connectivity index (χ3n) is 3.09. The quantitative estimate of drug-likeness (QED) is 0.823. The van der Waals surface area contributed by atoms with E-state index in [1.165, 1.54) is 36.6 Å². The summed E-state index contributed by atoms with van der Waals surface area (Å²) in [5.74, 6) is 0.425. The molecule has 0 aliphatic carbocycles. The fourth-order valence-corrected chi connectivity index (χ4v) is 3.96. The molecule has 0 bridgehead atoms. The number of ether oxygens (including phenoxy) is 2. The summed E-state index contributed by atoms with van der Waals surface area (Å²) < 4.78 is 37.5. The number of rotatable bonds is 7. The van der Waals surface area contributed by atoms with E-state index in [0.29, 0.717) is 5.75 Å². The Morgan fingerprint density at radius 1 is 1.32 bits per heavy atom. The van der Waals surface area contributed by atoms with Crippen LogP contribution in [0.1, 0.15) is 11.7 Å². The second-order valence-electron chi connectivity index (χ2n) is 4.43. The van der Waals surface area contributed by atoms with Crippen molar-refractivity contribution in [2.45, 2.75) is 11.0 Å². The molecule has 0 saturated heterocycles. The highest BCUT2D eigenvalue weighted by atomic mass is 35.5. The second kappa shape index (κ2) is 7.43. The molecule has 0 fully saturated rings. The smallest absolute Gasteiger partial charge is 0.240 e. The maximum atomic E-state index is 12.3. The van der Waals surface area contributed by atoms with E-state index in [1.54, 1.807) is 7.11 Å². The van der Waals surface area contributed by atoms with E-state index in [4.69, 9.17) is 21.1 Å². The van der Waals surface area contributed by atoms with E-state index in [9.17, 15) is 8.42 Å². The molecule has 0 spiro atoms. The van der Waals surface area contributed by atoms with Gasteiger partial charge in [0, 0.05) is 13.7 Å². The number of halogens is 1. The number of thiophene rings is 1. The number of benzene rings is 1. The summed E-state index contributed by atoms with van der Waals surface area (Å²) in [6, 6.07) is 6.22. The maximum Gasteiger partial charge on any atom is 0.240 e. The molecule has 0 aliphatic rings. The summed E-state index contributed by atoms with van der Waals surface area (Å²) in [6.45, 7) is 0.138. The molecule has 120 valence electrons. The Morgan fingerprint density at radius 3 is 2.64 bits per heavy atom. The van der Waals surface area contributed by atoms with Crippen LogP contribution in [0.5, 0.6) is 5.75 Å². The Morgan fingerprint density at radius 2 is 2.09 bits per heavy atom. The summed E-state index contributed by atoms with van der Waals surface area (Å²) in [6.07, 6.45) is -0.338. The predicted molar refractivity (Wildman–Crippen MR) is 87.3 cm³/mol. The molecule has 1 heterocycles. The molecule has 8 heteroatoms. The lowest BCUT2D eigenvalue weighted by Crippen LogP contribution is -2.29. The van der Waals surface area contributed by atoms with E-state index in [1.807, 2.05) is 16.8 Å². The minimum absolute atomic E-state index is 0.0819. The molecular weight excluding hydrogens is 346 g/mol. The fourth-order valence-electron chi connectivity index (χ4n) is 1.88. The van der Waals surface area contributed by atoms with Crippen LogP contribution in [0.2, 0.25) is 5.02 Å². The molecule has 5 nitrogen and oxygen atoms in total. The van der Waals surface area contributed by atoms with Crippen molar-refractivity contribution in [1.82, 2.24) is 4.72 Å². The standard InChI is InChI=1S/C14H16ClNO4S2/c1-19-13-4-3-11(7-12(13)15)22(17,18)16-8-14(20-2)10-5-6-21-9-10/h3-7,9,14,16H,8H2,1-2H3/t14-/m1/s1. The molecular formula is C14H16ClNO4S2. The lowest BCUT2D eigenvalue weighted by Gasteiger charge is -2.15. The summed E-state index contributed by atoms with van der Waals surface area (Å²) in [7, 11) is -0.658. The number of nitrogens with one attached hydrogen (secondary N) is 1. The monoisotopic (exact) mass is 361 g/mol. The van der Waals surface area contributed by atoms with Gasteiger partial charge in [-0.15, -0.1) is 0 Å². The number of sulfonamides is 1. The summed E-state index contributed by atoms with van der Waals surface area (Å²) in [4.78, 5) is 0.0819. The van der Waals surface area contributed by atoms with E-state index < -0.39 is 10.0 Å². The van der Waals surface area contributed by atoms with Crippen molar-refractivity contribution in [3.63, 3.8) is 0 Å². The highest BCUT2D eigenvalue weighted by Gasteiger charge is 2.19. The van der Waals surface area contributed by atoms with Crippen LogP contribution in [-0.2, 0) is 14.8 Å². The van der Waals surface area contributed by atoms with Gasteiger partial charge < -0.3 is 9.47 Å². The minimum Gasteiger partial charge on any atom is -0.495 e. The van der Waals surface area contributed by atoms with Crippen LogP contribution in [0.15, 0.2) is 39.9 Å². The van der Waals surface area contributed by atoms with Gasteiger partial charge in [-0.1, -0.05) is 11.6 Å². The lowest BCUT2D eigenvalue weighted by molar-refractivity contribution is 0.107. The molecule has 2 aromatic rings. The van der Waals surface area contributed by atoms with Gasteiger partial charge in [-0.3, -0.25) is 0 Å². The van der Waals surface area contributed by atoms with Gasteiger partial charge in [0.05, 0.1) is 23.1 Å². The highest BCUT2D eigenvalue weighted by molar-refractivity contribution is 7.89. The number of hydrogen-bond donors (Lipinski definition) is 1.